The maximum atomic E-state index is 12.6. The number of aryl methyl sites for hydroxylation is 1. The lowest BCUT2D eigenvalue weighted by Crippen LogP contribution is -2.42. The van der Waals surface area contributed by atoms with Gasteiger partial charge in [-0.15, -0.1) is 0 Å². The van der Waals surface area contributed by atoms with Gasteiger partial charge in [0.05, 0.1) is 6.04 Å². The summed E-state index contributed by atoms with van der Waals surface area (Å²) in [6.45, 7) is 4.42. The van der Waals surface area contributed by atoms with Crippen LogP contribution < -0.4 is 5.32 Å². The van der Waals surface area contributed by atoms with Crippen LogP contribution in [0, 0.1) is 6.92 Å². The maximum Gasteiger partial charge on any atom is 0.237 e. The van der Waals surface area contributed by atoms with Crippen molar-refractivity contribution in [3.63, 3.8) is 0 Å². The first-order chi connectivity index (χ1) is 11.6. The minimum atomic E-state index is -0.0373. The number of carbonyl (C=O) groups is 1. The van der Waals surface area contributed by atoms with Crippen molar-refractivity contribution in [2.45, 2.75) is 38.9 Å². The summed E-state index contributed by atoms with van der Waals surface area (Å²) in [5, 5.41) is 3.85. The Kier molecular flexibility index (Phi) is 5.54. The molecule has 3 nitrogen and oxygen atoms in total. The number of nitrogens with zero attached hydrogens (tertiary/aromatic N) is 1. The number of hydrogen-bond donors (Lipinski definition) is 1. The Hall–Kier alpha value is -1.84. The fourth-order valence-electron chi connectivity index (χ4n) is 3.25. The van der Waals surface area contributed by atoms with Crippen molar-refractivity contribution in [2.75, 3.05) is 6.54 Å². The molecule has 24 heavy (non-hydrogen) atoms. The molecule has 0 bridgehead atoms. The van der Waals surface area contributed by atoms with Crippen LogP contribution in [-0.2, 0) is 17.9 Å². The third-order valence-corrected chi connectivity index (χ3v) is 4.93. The molecule has 1 atom stereocenters. The predicted octanol–water partition coefficient (Wildman–Crippen LogP) is 3.93. The average molecular weight is 343 g/mol. The van der Waals surface area contributed by atoms with Crippen LogP contribution in [0.1, 0.15) is 29.5 Å². The van der Waals surface area contributed by atoms with E-state index < -0.39 is 0 Å². The fraction of sp³-hybridized carbons (Fsp3) is 0.350. The van der Waals surface area contributed by atoms with Crippen molar-refractivity contribution in [3.05, 3.63) is 70.2 Å². The first-order valence-corrected chi connectivity index (χ1v) is 8.82. The molecule has 1 aliphatic heterocycles. The molecule has 1 amide bonds. The highest BCUT2D eigenvalue weighted by molar-refractivity contribution is 6.30. The van der Waals surface area contributed by atoms with Gasteiger partial charge in [-0.3, -0.25) is 9.69 Å². The van der Waals surface area contributed by atoms with Crippen molar-refractivity contribution < 1.29 is 4.79 Å². The quantitative estimate of drug-likeness (QED) is 0.893. The van der Waals surface area contributed by atoms with Crippen LogP contribution in [0.2, 0.25) is 5.02 Å². The molecule has 0 radical (unpaired) electrons. The van der Waals surface area contributed by atoms with Crippen molar-refractivity contribution in [3.8, 4) is 0 Å². The fourth-order valence-corrected chi connectivity index (χ4v) is 3.37. The molecule has 1 N–H and O–H groups in total. The Balaban J connectivity index is 1.59. The standard InChI is InChI=1S/C20H23ClN2O/c1-15-5-2-3-6-17(15)13-22-20(24)19-7-4-12-23(19)14-16-8-10-18(21)11-9-16/h2-3,5-6,8-11,19H,4,7,12-14H2,1H3,(H,22,24)/t19-/m1/s1. The van der Waals surface area contributed by atoms with E-state index in [9.17, 15) is 4.79 Å². The summed E-state index contributed by atoms with van der Waals surface area (Å²) >= 11 is 5.94. The van der Waals surface area contributed by atoms with Gasteiger partial charge >= 0.3 is 0 Å². The topological polar surface area (TPSA) is 32.3 Å². The molecule has 4 heteroatoms. The van der Waals surface area contributed by atoms with Gasteiger partial charge in [0, 0.05) is 18.1 Å². The minimum Gasteiger partial charge on any atom is -0.351 e. The summed E-state index contributed by atoms with van der Waals surface area (Å²) in [5.41, 5.74) is 3.58. The third kappa shape index (κ3) is 4.16. The molecule has 0 unspecified atom stereocenters. The number of rotatable bonds is 5. The van der Waals surface area contributed by atoms with E-state index in [1.165, 1.54) is 16.7 Å². The largest absolute Gasteiger partial charge is 0.351 e. The Labute approximate surface area is 148 Å². The molecule has 126 valence electrons. The second-order valence-electron chi connectivity index (χ2n) is 6.40. The van der Waals surface area contributed by atoms with E-state index >= 15 is 0 Å². The zero-order chi connectivity index (χ0) is 16.9. The van der Waals surface area contributed by atoms with Crippen LogP contribution in [0.5, 0.6) is 0 Å². The molecule has 2 aromatic rings. The van der Waals surface area contributed by atoms with E-state index in [1.54, 1.807) is 0 Å². The number of likely N-dealkylation sites (tertiary alicyclic amines) is 1. The molecule has 0 aromatic heterocycles. The SMILES string of the molecule is Cc1ccccc1CNC(=O)[C@H]1CCCN1Cc1ccc(Cl)cc1. The summed E-state index contributed by atoms with van der Waals surface area (Å²) in [6, 6.07) is 16.0. The molecule has 0 saturated carbocycles. The zero-order valence-electron chi connectivity index (χ0n) is 14.0. The molecule has 0 aliphatic carbocycles. The number of amides is 1. The van der Waals surface area contributed by atoms with Gasteiger partial charge in [-0.2, -0.15) is 0 Å². The van der Waals surface area contributed by atoms with Crippen molar-refractivity contribution in [1.29, 1.82) is 0 Å². The van der Waals surface area contributed by atoms with Crippen molar-refractivity contribution in [1.82, 2.24) is 10.2 Å². The van der Waals surface area contributed by atoms with Gasteiger partial charge in [-0.25, -0.2) is 0 Å². The van der Waals surface area contributed by atoms with Crippen LogP contribution >= 0.6 is 11.6 Å². The maximum absolute atomic E-state index is 12.6. The molecule has 1 fully saturated rings. The molecule has 2 aromatic carbocycles. The van der Waals surface area contributed by atoms with E-state index in [-0.39, 0.29) is 11.9 Å². The second kappa shape index (κ2) is 7.82. The molecular formula is C20H23ClN2O. The predicted molar refractivity (Wildman–Crippen MR) is 97.9 cm³/mol. The van der Waals surface area contributed by atoms with Gasteiger partial charge in [0.1, 0.15) is 0 Å². The van der Waals surface area contributed by atoms with Gasteiger partial charge in [-0.05, 0) is 55.1 Å². The lowest BCUT2D eigenvalue weighted by Gasteiger charge is -2.24. The lowest BCUT2D eigenvalue weighted by molar-refractivity contribution is -0.125. The molecule has 1 saturated heterocycles. The summed E-state index contributed by atoms with van der Waals surface area (Å²) in [7, 11) is 0. The summed E-state index contributed by atoms with van der Waals surface area (Å²) in [4.78, 5) is 14.9. The van der Waals surface area contributed by atoms with Crippen LogP contribution in [0.3, 0.4) is 0 Å². The molecular weight excluding hydrogens is 320 g/mol. The van der Waals surface area contributed by atoms with Crippen LogP contribution in [0.25, 0.3) is 0 Å². The first kappa shape index (κ1) is 17.0. The smallest absolute Gasteiger partial charge is 0.237 e. The van der Waals surface area contributed by atoms with E-state index in [0.29, 0.717) is 6.54 Å². The number of nitrogens with one attached hydrogen (secondary N) is 1. The summed E-state index contributed by atoms with van der Waals surface area (Å²) in [5.74, 6) is 0.129. The highest BCUT2D eigenvalue weighted by Gasteiger charge is 2.30. The molecule has 3 rings (SSSR count). The van der Waals surface area contributed by atoms with Crippen molar-refractivity contribution >= 4 is 17.5 Å². The lowest BCUT2D eigenvalue weighted by atomic mass is 10.1. The van der Waals surface area contributed by atoms with Crippen LogP contribution in [0.4, 0.5) is 0 Å². The van der Waals surface area contributed by atoms with E-state index in [0.717, 1.165) is 31.0 Å². The van der Waals surface area contributed by atoms with E-state index in [4.69, 9.17) is 11.6 Å². The Morgan fingerprint density at radius 2 is 1.96 bits per heavy atom. The number of benzene rings is 2. The van der Waals surface area contributed by atoms with E-state index in [1.807, 2.05) is 36.4 Å². The normalized spacial score (nSPS) is 17.8. The Bertz CT molecular complexity index is 699. The highest BCUT2D eigenvalue weighted by Crippen LogP contribution is 2.21. The molecule has 0 spiro atoms. The Morgan fingerprint density at radius 3 is 2.71 bits per heavy atom. The monoisotopic (exact) mass is 342 g/mol. The van der Waals surface area contributed by atoms with Gasteiger partial charge in [0.25, 0.3) is 0 Å². The Morgan fingerprint density at radius 1 is 1.21 bits per heavy atom. The molecule has 1 aliphatic rings. The number of carbonyl (C=O) groups excluding carboxylic acids is 1. The van der Waals surface area contributed by atoms with Crippen LogP contribution in [-0.4, -0.2) is 23.4 Å². The number of halogens is 1. The summed E-state index contributed by atoms with van der Waals surface area (Å²) in [6.07, 6.45) is 1.99. The molecule has 1 heterocycles. The first-order valence-electron chi connectivity index (χ1n) is 8.44. The average Bonchev–Trinajstić information content (AvgIpc) is 3.04. The third-order valence-electron chi connectivity index (χ3n) is 4.68. The van der Waals surface area contributed by atoms with Gasteiger partial charge < -0.3 is 5.32 Å². The number of hydrogen-bond acceptors (Lipinski definition) is 2. The van der Waals surface area contributed by atoms with Crippen molar-refractivity contribution in [2.24, 2.45) is 0 Å². The minimum absolute atomic E-state index is 0.0373. The van der Waals surface area contributed by atoms with Gasteiger partial charge in [0.2, 0.25) is 5.91 Å². The highest BCUT2D eigenvalue weighted by atomic mass is 35.5. The summed E-state index contributed by atoms with van der Waals surface area (Å²) < 4.78 is 0. The second-order valence-corrected chi connectivity index (χ2v) is 6.84. The van der Waals surface area contributed by atoms with Gasteiger partial charge in [-0.1, -0.05) is 48.0 Å². The van der Waals surface area contributed by atoms with Crippen LogP contribution in [0.15, 0.2) is 48.5 Å². The van der Waals surface area contributed by atoms with Gasteiger partial charge in [0.15, 0.2) is 0 Å². The zero-order valence-corrected chi connectivity index (χ0v) is 14.7. The van der Waals surface area contributed by atoms with E-state index in [2.05, 4.69) is 29.3 Å².